The summed E-state index contributed by atoms with van der Waals surface area (Å²) in [6.45, 7) is 5.46. The standard InChI is InChI=1S/C24H34O2S/c1-24(2,3)27(25,26)18-21-13-11-19(12-14-21)7-6-8-20-15-16-22-9-4-5-10-23(22)17-20/h4-5,9-10,15-17,19,21H,6-8,11-14,18H2,1-3H3. The number of rotatable bonds is 6. The van der Waals surface area contributed by atoms with Crippen LogP contribution < -0.4 is 0 Å². The molecular formula is C24H34O2S. The second-order valence-corrected chi connectivity index (χ2v) is 12.1. The topological polar surface area (TPSA) is 34.1 Å². The van der Waals surface area contributed by atoms with Crippen molar-refractivity contribution in [3.8, 4) is 0 Å². The molecule has 1 aliphatic rings. The summed E-state index contributed by atoms with van der Waals surface area (Å²) in [5.41, 5.74) is 1.43. The lowest BCUT2D eigenvalue weighted by Gasteiger charge is -2.30. The molecule has 0 aliphatic heterocycles. The first-order valence-corrected chi connectivity index (χ1v) is 12.1. The van der Waals surface area contributed by atoms with E-state index in [9.17, 15) is 8.42 Å². The fourth-order valence-electron chi connectivity index (χ4n) is 4.24. The van der Waals surface area contributed by atoms with Gasteiger partial charge in [0.05, 0.1) is 10.5 Å². The first kappa shape index (κ1) is 20.4. The molecule has 1 aliphatic carbocycles. The summed E-state index contributed by atoms with van der Waals surface area (Å²) in [7, 11) is -2.99. The number of fused-ring (bicyclic) bond motifs is 1. The molecule has 0 spiro atoms. The molecule has 3 heteroatoms. The molecule has 0 atom stereocenters. The summed E-state index contributed by atoms with van der Waals surface area (Å²) in [6, 6.07) is 15.4. The Hall–Kier alpha value is -1.35. The third kappa shape index (κ3) is 5.34. The van der Waals surface area contributed by atoms with Gasteiger partial charge in [-0.2, -0.15) is 0 Å². The third-order valence-corrected chi connectivity index (χ3v) is 9.02. The average molecular weight is 387 g/mol. The molecule has 1 fully saturated rings. The van der Waals surface area contributed by atoms with Gasteiger partial charge < -0.3 is 0 Å². The Kier molecular flexibility index (Phi) is 6.30. The van der Waals surface area contributed by atoms with Gasteiger partial charge in [-0.3, -0.25) is 0 Å². The SMILES string of the molecule is CC(C)(C)S(=O)(=O)CC1CCC(CCCc2ccc3ccccc3c2)CC1. The van der Waals surface area contributed by atoms with Crippen molar-refractivity contribution in [2.45, 2.75) is 70.5 Å². The molecule has 0 amide bonds. The van der Waals surface area contributed by atoms with E-state index < -0.39 is 14.6 Å². The zero-order chi connectivity index (χ0) is 19.5. The van der Waals surface area contributed by atoms with Crippen LogP contribution in [0, 0.1) is 11.8 Å². The van der Waals surface area contributed by atoms with Crippen LogP contribution in [0.5, 0.6) is 0 Å². The van der Waals surface area contributed by atoms with Crippen molar-refractivity contribution in [2.75, 3.05) is 5.75 Å². The van der Waals surface area contributed by atoms with E-state index in [0.717, 1.165) is 25.2 Å². The Morgan fingerprint density at radius 3 is 2.19 bits per heavy atom. The maximum atomic E-state index is 12.4. The lowest BCUT2D eigenvalue weighted by molar-refractivity contribution is 0.274. The molecule has 0 N–H and O–H groups in total. The molecule has 27 heavy (non-hydrogen) atoms. The molecule has 1 saturated carbocycles. The number of aryl methyl sites for hydroxylation is 1. The maximum absolute atomic E-state index is 12.4. The summed E-state index contributed by atoms with van der Waals surface area (Å²) in [5, 5.41) is 2.64. The Morgan fingerprint density at radius 2 is 1.52 bits per heavy atom. The van der Waals surface area contributed by atoms with Crippen molar-refractivity contribution >= 4 is 20.6 Å². The van der Waals surface area contributed by atoms with Crippen molar-refractivity contribution < 1.29 is 8.42 Å². The first-order chi connectivity index (χ1) is 12.7. The van der Waals surface area contributed by atoms with Crippen LogP contribution in [0.25, 0.3) is 10.8 Å². The molecule has 3 rings (SSSR count). The fourth-order valence-corrected chi connectivity index (χ4v) is 5.69. The van der Waals surface area contributed by atoms with E-state index in [4.69, 9.17) is 0 Å². The lowest BCUT2D eigenvalue weighted by atomic mass is 9.80. The predicted molar refractivity (Wildman–Crippen MR) is 116 cm³/mol. The van der Waals surface area contributed by atoms with Crippen molar-refractivity contribution in [2.24, 2.45) is 11.8 Å². The van der Waals surface area contributed by atoms with Gasteiger partial charge in [0, 0.05) is 0 Å². The van der Waals surface area contributed by atoms with E-state index in [-0.39, 0.29) is 0 Å². The zero-order valence-electron chi connectivity index (χ0n) is 17.1. The minimum absolute atomic E-state index is 0.367. The minimum atomic E-state index is -2.99. The van der Waals surface area contributed by atoms with Gasteiger partial charge in [0.25, 0.3) is 0 Å². The van der Waals surface area contributed by atoms with Crippen LogP contribution in [0.4, 0.5) is 0 Å². The van der Waals surface area contributed by atoms with E-state index in [1.54, 1.807) is 0 Å². The number of hydrogen-bond donors (Lipinski definition) is 0. The molecule has 2 nitrogen and oxygen atoms in total. The van der Waals surface area contributed by atoms with Gasteiger partial charge >= 0.3 is 0 Å². The molecular weight excluding hydrogens is 352 g/mol. The Bertz CT molecular complexity index is 853. The van der Waals surface area contributed by atoms with E-state index in [0.29, 0.717) is 11.7 Å². The van der Waals surface area contributed by atoms with Gasteiger partial charge in [-0.1, -0.05) is 61.7 Å². The molecule has 0 aromatic heterocycles. The van der Waals surface area contributed by atoms with Crippen LogP contribution in [-0.4, -0.2) is 18.9 Å². The molecule has 2 aromatic carbocycles. The van der Waals surface area contributed by atoms with Crippen molar-refractivity contribution in [1.82, 2.24) is 0 Å². The van der Waals surface area contributed by atoms with Gasteiger partial charge in [-0.05, 0) is 74.6 Å². The first-order valence-electron chi connectivity index (χ1n) is 10.4. The van der Waals surface area contributed by atoms with Crippen molar-refractivity contribution in [3.63, 3.8) is 0 Å². The molecule has 0 radical (unpaired) electrons. The Morgan fingerprint density at radius 1 is 0.889 bits per heavy atom. The van der Waals surface area contributed by atoms with E-state index >= 15 is 0 Å². The molecule has 0 saturated heterocycles. The molecule has 0 bridgehead atoms. The van der Waals surface area contributed by atoms with E-state index in [1.165, 1.54) is 42.0 Å². The highest BCUT2D eigenvalue weighted by atomic mass is 32.2. The van der Waals surface area contributed by atoms with Crippen LogP contribution in [0.1, 0.15) is 64.9 Å². The second-order valence-electron chi connectivity index (χ2n) is 9.35. The lowest BCUT2D eigenvalue weighted by Crippen LogP contribution is -2.34. The second kappa shape index (κ2) is 8.34. The maximum Gasteiger partial charge on any atom is 0.155 e. The summed E-state index contributed by atoms with van der Waals surface area (Å²) in [5.74, 6) is 1.52. The third-order valence-electron chi connectivity index (χ3n) is 6.25. The predicted octanol–water partition coefficient (Wildman–Crippen LogP) is 6.18. The summed E-state index contributed by atoms with van der Waals surface area (Å²) in [4.78, 5) is 0. The summed E-state index contributed by atoms with van der Waals surface area (Å²) in [6.07, 6.45) is 8.19. The number of benzene rings is 2. The molecule has 0 heterocycles. The van der Waals surface area contributed by atoms with Crippen LogP contribution >= 0.6 is 0 Å². The fraction of sp³-hybridized carbons (Fsp3) is 0.583. The van der Waals surface area contributed by atoms with Gasteiger partial charge in [-0.15, -0.1) is 0 Å². The van der Waals surface area contributed by atoms with E-state index in [2.05, 4.69) is 42.5 Å². The quantitative estimate of drug-likeness (QED) is 0.594. The van der Waals surface area contributed by atoms with Gasteiger partial charge in [0.15, 0.2) is 9.84 Å². The van der Waals surface area contributed by atoms with Crippen LogP contribution in [0.2, 0.25) is 0 Å². The Balaban J connectivity index is 1.43. The highest BCUT2D eigenvalue weighted by molar-refractivity contribution is 7.92. The summed E-state index contributed by atoms with van der Waals surface area (Å²) >= 11 is 0. The zero-order valence-corrected chi connectivity index (χ0v) is 17.9. The minimum Gasteiger partial charge on any atom is -0.228 e. The van der Waals surface area contributed by atoms with Crippen LogP contribution in [0.3, 0.4) is 0 Å². The number of sulfone groups is 1. The molecule has 0 unspecified atom stereocenters. The van der Waals surface area contributed by atoms with Gasteiger partial charge in [-0.25, -0.2) is 8.42 Å². The average Bonchev–Trinajstić information content (AvgIpc) is 2.62. The van der Waals surface area contributed by atoms with E-state index in [1.807, 2.05) is 20.8 Å². The summed E-state index contributed by atoms with van der Waals surface area (Å²) < 4.78 is 24.2. The van der Waals surface area contributed by atoms with Crippen molar-refractivity contribution in [1.29, 1.82) is 0 Å². The largest absolute Gasteiger partial charge is 0.228 e. The Labute approximate surface area is 165 Å². The van der Waals surface area contributed by atoms with Crippen molar-refractivity contribution in [3.05, 3.63) is 48.0 Å². The smallest absolute Gasteiger partial charge is 0.155 e. The molecule has 2 aromatic rings. The molecule has 148 valence electrons. The highest BCUT2D eigenvalue weighted by Crippen LogP contribution is 2.34. The van der Waals surface area contributed by atoms with Crippen LogP contribution in [-0.2, 0) is 16.3 Å². The normalized spacial score (nSPS) is 21.4. The van der Waals surface area contributed by atoms with Gasteiger partial charge in [0.1, 0.15) is 0 Å². The number of hydrogen-bond acceptors (Lipinski definition) is 2. The highest BCUT2D eigenvalue weighted by Gasteiger charge is 2.33. The van der Waals surface area contributed by atoms with Gasteiger partial charge in [0.2, 0.25) is 0 Å². The van der Waals surface area contributed by atoms with Crippen LogP contribution in [0.15, 0.2) is 42.5 Å². The monoisotopic (exact) mass is 386 g/mol.